The van der Waals surface area contributed by atoms with Crippen molar-refractivity contribution in [3.8, 4) is 22.4 Å². The van der Waals surface area contributed by atoms with Gasteiger partial charge < -0.3 is 16.2 Å². The molecule has 38 heavy (non-hydrogen) atoms. The second kappa shape index (κ2) is 10.1. The van der Waals surface area contributed by atoms with Crippen LogP contribution in [0.15, 0.2) is 85.3 Å². The van der Waals surface area contributed by atoms with E-state index in [2.05, 4.69) is 15.3 Å². The van der Waals surface area contributed by atoms with E-state index in [0.717, 1.165) is 59.4 Å². The van der Waals surface area contributed by atoms with Crippen molar-refractivity contribution in [2.75, 3.05) is 11.1 Å². The average Bonchev–Trinajstić information content (AvgIpc) is 3.35. The summed E-state index contributed by atoms with van der Waals surface area (Å²) < 4.78 is 2.02. The third kappa shape index (κ3) is 4.62. The molecule has 190 valence electrons. The number of carbonyl (C=O) groups excluding carboxylic acids is 1. The van der Waals surface area contributed by atoms with Crippen LogP contribution in [0.5, 0.6) is 0 Å². The van der Waals surface area contributed by atoms with Crippen LogP contribution in [0, 0.1) is 0 Å². The lowest BCUT2D eigenvalue weighted by Gasteiger charge is -2.24. The molecule has 5 aromatic rings. The molecule has 1 amide bonds. The van der Waals surface area contributed by atoms with Crippen LogP contribution in [0.25, 0.3) is 27.9 Å². The minimum absolute atomic E-state index is 0.238. The number of hydrogen-bond donors (Lipinski definition) is 3. The SMILES string of the molecule is Nc1nccn2c1c(-c1ccc(C(=O)Nc3cc(-c4ccccc4)ccn3)cc1)nc2[C@H]1CC[C@H](O)CC1. The van der Waals surface area contributed by atoms with Gasteiger partial charge in [-0.25, -0.2) is 15.0 Å². The fraction of sp³-hybridized carbons (Fsp3) is 0.200. The van der Waals surface area contributed by atoms with E-state index in [9.17, 15) is 9.90 Å². The Morgan fingerprint density at radius 2 is 1.66 bits per heavy atom. The largest absolute Gasteiger partial charge is 0.393 e. The minimum Gasteiger partial charge on any atom is -0.393 e. The number of nitrogens with one attached hydrogen (secondary N) is 1. The molecule has 0 spiro atoms. The summed E-state index contributed by atoms with van der Waals surface area (Å²) in [5.41, 5.74) is 11.2. The predicted octanol–water partition coefficient (Wildman–Crippen LogP) is 5.31. The van der Waals surface area contributed by atoms with Crippen molar-refractivity contribution in [3.63, 3.8) is 0 Å². The van der Waals surface area contributed by atoms with Crippen LogP contribution >= 0.6 is 0 Å². The van der Waals surface area contributed by atoms with Crippen molar-refractivity contribution < 1.29 is 9.90 Å². The Hall–Kier alpha value is -4.56. The zero-order chi connectivity index (χ0) is 26.1. The molecule has 4 N–H and O–H groups in total. The van der Waals surface area contributed by atoms with Crippen molar-refractivity contribution in [1.29, 1.82) is 0 Å². The lowest BCUT2D eigenvalue weighted by Crippen LogP contribution is -2.18. The first-order valence-electron chi connectivity index (χ1n) is 12.8. The van der Waals surface area contributed by atoms with Gasteiger partial charge in [0.05, 0.1) is 6.10 Å². The smallest absolute Gasteiger partial charge is 0.256 e. The second-order valence-electron chi connectivity index (χ2n) is 9.68. The number of benzene rings is 2. The number of aliphatic hydroxyl groups is 1. The maximum Gasteiger partial charge on any atom is 0.256 e. The molecule has 0 unspecified atom stereocenters. The fourth-order valence-electron chi connectivity index (χ4n) is 5.19. The molecule has 1 saturated carbocycles. The second-order valence-corrected chi connectivity index (χ2v) is 9.68. The van der Waals surface area contributed by atoms with Crippen LogP contribution in [0.4, 0.5) is 11.6 Å². The summed E-state index contributed by atoms with van der Waals surface area (Å²) in [6.45, 7) is 0. The predicted molar refractivity (Wildman–Crippen MR) is 148 cm³/mol. The van der Waals surface area contributed by atoms with Gasteiger partial charge in [0.1, 0.15) is 28.7 Å². The maximum absolute atomic E-state index is 13.0. The molecule has 0 atom stereocenters. The highest BCUT2D eigenvalue weighted by molar-refractivity contribution is 6.04. The highest BCUT2D eigenvalue weighted by Crippen LogP contribution is 2.36. The van der Waals surface area contributed by atoms with Gasteiger partial charge in [0.25, 0.3) is 5.91 Å². The molecular weight excluding hydrogens is 476 g/mol. The number of aliphatic hydroxyl groups excluding tert-OH is 1. The van der Waals surface area contributed by atoms with Crippen molar-refractivity contribution in [1.82, 2.24) is 19.4 Å². The van der Waals surface area contributed by atoms with E-state index in [1.165, 1.54) is 0 Å². The lowest BCUT2D eigenvalue weighted by molar-refractivity contribution is 0.102. The molecule has 8 heteroatoms. The van der Waals surface area contributed by atoms with Crippen LogP contribution in [-0.2, 0) is 0 Å². The molecule has 0 bridgehead atoms. The van der Waals surface area contributed by atoms with Gasteiger partial charge in [-0.05, 0) is 61.1 Å². The third-order valence-corrected chi connectivity index (χ3v) is 7.20. The molecule has 1 fully saturated rings. The van der Waals surface area contributed by atoms with Gasteiger partial charge in [-0.3, -0.25) is 9.20 Å². The molecule has 6 rings (SSSR count). The molecule has 3 heterocycles. The van der Waals surface area contributed by atoms with Crippen LogP contribution in [-0.4, -0.2) is 36.5 Å². The number of imidazole rings is 1. The zero-order valence-electron chi connectivity index (χ0n) is 20.8. The molecular formula is C30H28N6O2. The van der Waals surface area contributed by atoms with E-state index in [-0.39, 0.29) is 17.9 Å². The first kappa shape index (κ1) is 23.8. The number of nitrogen functional groups attached to an aromatic ring is 1. The number of hydrogen-bond acceptors (Lipinski definition) is 6. The Bertz CT molecular complexity index is 1590. The highest BCUT2D eigenvalue weighted by Gasteiger charge is 2.26. The number of nitrogens with zero attached hydrogens (tertiary/aromatic N) is 4. The van der Waals surface area contributed by atoms with Gasteiger partial charge >= 0.3 is 0 Å². The molecule has 8 nitrogen and oxygen atoms in total. The quantitative estimate of drug-likeness (QED) is 0.298. The van der Waals surface area contributed by atoms with E-state index >= 15 is 0 Å². The molecule has 1 aliphatic carbocycles. The lowest BCUT2D eigenvalue weighted by atomic mass is 9.87. The summed E-state index contributed by atoms with van der Waals surface area (Å²) in [5.74, 6) is 1.82. The van der Waals surface area contributed by atoms with Crippen LogP contribution in [0.3, 0.4) is 0 Å². The summed E-state index contributed by atoms with van der Waals surface area (Å²) in [7, 11) is 0. The standard InChI is InChI=1S/C30H28N6O2/c31-28-27-26(35-29(36(27)17-16-33-28)21-10-12-24(37)13-11-21)20-6-8-22(9-7-20)30(38)34-25-18-23(14-15-32-25)19-4-2-1-3-5-19/h1-9,14-18,21,24,37H,10-13H2,(H2,31,33)(H,32,34,38)/t21-,24-. The summed E-state index contributed by atoms with van der Waals surface area (Å²) in [6.07, 6.45) is 8.31. The monoisotopic (exact) mass is 504 g/mol. The number of amides is 1. The Balaban J connectivity index is 1.26. The number of fused-ring (bicyclic) bond motifs is 1. The Morgan fingerprint density at radius 3 is 2.42 bits per heavy atom. The Labute approximate surface area is 220 Å². The topological polar surface area (TPSA) is 118 Å². The van der Waals surface area contributed by atoms with E-state index in [1.807, 2.05) is 65.2 Å². The number of carbonyl (C=O) groups is 1. The van der Waals surface area contributed by atoms with Crippen molar-refractivity contribution >= 4 is 23.1 Å². The summed E-state index contributed by atoms with van der Waals surface area (Å²) in [5, 5.41) is 12.8. The van der Waals surface area contributed by atoms with Gasteiger partial charge in [-0.1, -0.05) is 42.5 Å². The summed E-state index contributed by atoms with van der Waals surface area (Å²) >= 11 is 0. The Morgan fingerprint density at radius 1 is 0.895 bits per heavy atom. The number of aromatic nitrogens is 4. The van der Waals surface area contributed by atoms with Gasteiger partial charge in [0.15, 0.2) is 0 Å². The molecule has 0 saturated heterocycles. The van der Waals surface area contributed by atoms with Gasteiger partial charge in [-0.2, -0.15) is 0 Å². The average molecular weight is 505 g/mol. The summed E-state index contributed by atoms with van der Waals surface area (Å²) in [4.78, 5) is 26.6. The number of anilines is 2. The third-order valence-electron chi connectivity index (χ3n) is 7.20. The van der Waals surface area contributed by atoms with Gasteiger partial charge in [-0.15, -0.1) is 0 Å². The van der Waals surface area contributed by atoms with Crippen molar-refractivity contribution in [3.05, 3.63) is 96.7 Å². The Kier molecular flexibility index (Phi) is 6.31. The van der Waals surface area contributed by atoms with Crippen LogP contribution < -0.4 is 11.1 Å². The molecule has 0 aliphatic heterocycles. The van der Waals surface area contributed by atoms with Crippen molar-refractivity contribution in [2.24, 2.45) is 0 Å². The number of rotatable bonds is 5. The van der Waals surface area contributed by atoms with Gasteiger partial charge in [0.2, 0.25) is 0 Å². The molecule has 2 aromatic carbocycles. The van der Waals surface area contributed by atoms with E-state index in [1.54, 1.807) is 24.5 Å². The number of pyridine rings is 1. The van der Waals surface area contributed by atoms with E-state index < -0.39 is 0 Å². The van der Waals surface area contributed by atoms with Crippen LogP contribution in [0.1, 0.15) is 47.8 Å². The first-order valence-corrected chi connectivity index (χ1v) is 12.8. The minimum atomic E-state index is -0.244. The maximum atomic E-state index is 13.0. The molecule has 3 aromatic heterocycles. The van der Waals surface area contributed by atoms with Gasteiger partial charge in [0, 0.05) is 35.6 Å². The number of nitrogens with two attached hydrogens (primary N) is 1. The van der Waals surface area contributed by atoms with Crippen molar-refractivity contribution in [2.45, 2.75) is 37.7 Å². The normalized spacial score (nSPS) is 17.4. The molecule has 0 radical (unpaired) electrons. The highest BCUT2D eigenvalue weighted by atomic mass is 16.3. The van der Waals surface area contributed by atoms with E-state index in [0.29, 0.717) is 17.2 Å². The van der Waals surface area contributed by atoms with Crippen LogP contribution in [0.2, 0.25) is 0 Å². The molecule has 1 aliphatic rings. The first-order chi connectivity index (χ1) is 18.6. The fourth-order valence-corrected chi connectivity index (χ4v) is 5.19. The zero-order valence-corrected chi connectivity index (χ0v) is 20.8. The summed E-state index contributed by atoms with van der Waals surface area (Å²) in [6, 6.07) is 21.1. The van der Waals surface area contributed by atoms with E-state index in [4.69, 9.17) is 10.7 Å².